The molecule has 12 nitrogen and oxygen atoms in total. The van der Waals surface area contributed by atoms with E-state index >= 15 is 0 Å². The quantitative estimate of drug-likeness (QED) is 0.147. The number of aliphatic hydroxyl groups is 1. The Morgan fingerprint density at radius 2 is 1.92 bits per heavy atom. The minimum absolute atomic E-state index is 0.0206. The van der Waals surface area contributed by atoms with E-state index in [0.29, 0.717) is 72.2 Å². The van der Waals surface area contributed by atoms with Gasteiger partial charge in [-0.25, -0.2) is 9.37 Å². The second kappa shape index (κ2) is 16.5. The maximum atomic E-state index is 14.7. The molecule has 2 aliphatic heterocycles. The van der Waals surface area contributed by atoms with Gasteiger partial charge in [-0.05, 0) is 49.1 Å². The first-order chi connectivity index (χ1) is 23.8. The lowest BCUT2D eigenvalue weighted by Crippen LogP contribution is -2.58. The molecule has 0 radical (unpaired) electrons. The number of aliphatic carboxylic acids is 1. The van der Waals surface area contributed by atoms with Gasteiger partial charge in [0.2, 0.25) is 0 Å². The van der Waals surface area contributed by atoms with Crippen LogP contribution in [0.4, 0.5) is 4.39 Å². The molecule has 2 aliphatic rings. The second-order valence-electron chi connectivity index (χ2n) is 13.1. The molecule has 2 fully saturated rings. The number of morpholine rings is 1. The number of nitrogens with one attached hydrogen (secondary N) is 2. The molecule has 270 valence electrons. The van der Waals surface area contributed by atoms with Crippen LogP contribution < -0.4 is 10.2 Å². The van der Waals surface area contributed by atoms with Crippen LogP contribution in [0, 0.1) is 5.82 Å². The number of hydrogen-bond acceptors (Lipinski definition) is 11. The molecule has 0 saturated carbocycles. The molecule has 2 aromatic carbocycles. The number of phenols is 1. The molecule has 0 aliphatic carbocycles. The lowest BCUT2D eigenvalue weighted by molar-refractivity contribution is -0.134. The molecule has 15 heteroatoms. The Balaban J connectivity index is 0.00000115. The normalized spacial score (nSPS) is 16.8. The number of thiazole rings is 2. The van der Waals surface area contributed by atoms with Crippen LogP contribution in [-0.4, -0.2) is 98.4 Å². The number of aromatic amines is 1. The molecule has 1 amide bonds. The number of halogens is 1. The number of aliphatic hydroxyl groups excluding tert-OH is 1. The van der Waals surface area contributed by atoms with E-state index in [-0.39, 0.29) is 34.5 Å². The van der Waals surface area contributed by atoms with Crippen molar-refractivity contribution in [1.29, 1.82) is 0 Å². The Bertz CT molecular complexity index is 1850. The SMILES string of the molecule is CC(=O)O.CC(C)c1nc(C(=O)N2CCOC3(CCN(Cc4ccc(F)c(CCNC[C@H](O)c5ccc(O)c6[nH]c(=O)sc56)c4)CC3)C2)cs1. The maximum absolute atomic E-state index is 14.7. The van der Waals surface area contributed by atoms with Gasteiger partial charge in [-0.1, -0.05) is 43.4 Å². The van der Waals surface area contributed by atoms with Gasteiger partial charge in [0.25, 0.3) is 11.9 Å². The fourth-order valence-corrected chi connectivity index (χ4v) is 8.03. The summed E-state index contributed by atoms with van der Waals surface area (Å²) >= 11 is 2.48. The molecule has 1 atom stereocenters. The monoisotopic (exact) mass is 729 g/mol. The van der Waals surface area contributed by atoms with E-state index in [1.54, 1.807) is 6.07 Å². The lowest BCUT2D eigenvalue weighted by Gasteiger charge is -2.47. The summed E-state index contributed by atoms with van der Waals surface area (Å²) in [6.45, 7) is 9.93. The molecule has 4 aromatic rings. The number of hydrogen-bond donors (Lipinski definition) is 5. The third kappa shape index (κ3) is 9.33. The number of piperidine rings is 1. The van der Waals surface area contributed by atoms with Gasteiger partial charge < -0.3 is 35.3 Å². The molecule has 5 N–H and O–H groups in total. The zero-order chi connectivity index (χ0) is 36.0. The van der Waals surface area contributed by atoms with Crippen molar-refractivity contribution >= 4 is 44.8 Å². The Hall–Kier alpha value is -3.73. The molecule has 50 heavy (non-hydrogen) atoms. The van der Waals surface area contributed by atoms with Crippen LogP contribution in [0.25, 0.3) is 10.2 Å². The number of amides is 1. The predicted octanol–water partition coefficient (Wildman–Crippen LogP) is 4.48. The third-order valence-corrected chi connectivity index (χ3v) is 11.0. The van der Waals surface area contributed by atoms with E-state index in [1.807, 2.05) is 22.4 Å². The number of nitrogens with zero attached hydrogens (tertiary/aromatic N) is 3. The minimum Gasteiger partial charge on any atom is -0.506 e. The highest BCUT2D eigenvalue weighted by Gasteiger charge is 2.41. The fourth-order valence-electron chi connectivity index (χ4n) is 6.30. The molecule has 0 unspecified atom stereocenters. The van der Waals surface area contributed by atoms with Crippen molar-refractivity contribution in [3.05, 3.63) is 78.6 Å². The summed E-state index contributed by atoms with van der Waals surface area (Å²) in [5, 5.41) is 34.2. The fraction of sp³-hybridized carbons (Fsp3) is 0.486. The Labute approximate surface area is 297 Å². The summed E-state index contributed by atoms with van der Waals surface area (Å²) in [6, 6.07) is 8.32. The van der Waals surface area contributed by atoms with Gasteiger partial charge in [0.1, 0.15) is 22.8 Å². The lowest BCUT2D eigenvalue weighted by atomic mass is 9.89. The average Bonchev–Trinajstić information content (AvgIpc) is 3.73. The highest BCUT2D eigenvalue weighted by molar-refractivity contribution is 7.16. The summed E-state index contributed by atoms with van der Waals surface area (Å²) < 4.78 is 21.5. The number of carboxylic acids is 1. The number of likely N-dealkylation sites (tertiary alicyclic amines) is 1. The number of carbonyl (C=O) groups excluding carboxylic acids is 1. The van der Waals surface area contributed by atoms with Crippen LogP contribution in [0.2, 0.25) is 0 Å². The summed E-state index contributed by atoms with van der Waals surface area (Å²) in [4.78, 5) is 45.1. The topological polar surface area (TPSA) is 168 Å². The average molecular weight is 730 g/mol. The Morgan fingerprint density at radius 1 is 1.18 bits per heavy atom. The van der Waals surface area contributed by atoms with Gasteiger partial charge in [0.15, 0.2) is 0 Å². The van der Waals surface area contributed by atoms with Gasteiger partial charge in [-0.15, -0.1) is 11.3 Å². The summed E-state index contributed by atoms with van der Waals surface area (Å²) in [5.74, 6) is -0.857. The van der Waals surface area contributed by atoms with Crippen LogP contribution in [0.15, 0.2) is 40.5 Å². The van der Waals surface area contributed by atoms with Crippen molar-refractivity contribution in [2.75, 3.05) is 45.9 Å². The summed E-state index contributed by atoms with van der Waals surface area (Å²) in [7, 11) is 0. The molecular formula is C35H44FN5O7S2. The van der Waals surface area contributed by atoms with Crippen molar-refractivity contribution in [3.8, 4) is 5.75 Å². The number of benzene rings is 2. The number of carbonyl (C=O) groups is 2. The second-order valence-corrected chi connectivity index (χ2v) is 14.9. The zero-order valence-electron chi connectivity index (χ0n) is 28.4. The summed E-state index contributed by atoms with van der Waals surface area (Å²) in [6.07, 6.45) is 1.20. The number of fused-ring (bicyclic) bond motifs is 1. The molecule has 2 saturated heterocycles. The number of aromatic hydroxyl groups is 1. The van der Waals surface area contributed by atoms with E-state index in [0.717, 1.165) is 54.8 Å². The highest BCUT2D eigenvalue weighted by atomic mass is 32.1. The maximum Gasteiger partial charge on any atom is 0.305 e. The van der Waals surface area contributed by atoms with Gasteiger partial charge >= 0.3 is 4.87 Å². The van der Waals surface area contributed by atoms with Gasteiger partial charge in [-0.3, -0.25) is 19.3 Å². The van der Waals surface area contributed by atoms with E-state index in [9.17, 15) is 24.2 Å². The highest BCUT2D eigenvalue weighted by Crippen LogP contribution is 2.33. The van der Waals surface area contributed by atoms with E-state index in [4.69, 9.17) is 14.6 Å². The number of carboxylic acid groups (broad SMARTS) is 1. The molecule has 2 aromatic heterocycles. The van der Waals surface area contributed by atoms with Crippen molar-refractivity contribution in [2.45, 2.75) is 64.2 Å². The van der Waals surface area contributed by atoms with Crippen LogP contribution >= 0.6 is 22.7 Å². The molecule has 1 spiro atoms. The van der Waals surface area contributed by atoms with Crippen molar-refractivity contribution < 1.29 is 34.0 Å². The zero-order valence-corrected chi connectivity index (χ0v) is 30.0. The first kappa shape index (κ1) is 37.5. The van der Waals surface area contributed by atoms with Crippen molar-refractivity contribution in [2.24, 2.45) is 0 Å². The Kier molecular flexibility index (Phi) is 12.4. The van der Waals surface area contributed by atoms with E-state index < -0.39 is 12.1 Å². The molecule has 0 bridgehead atoms. The largest absolute Gasteiger partial charge is 0.506 e. The van der Waals surface area contributed by atoms with Crippen LogP contribution in [-0.2, 0) is 22.5 Å². The van der Waals surface area contributed by atoms with Crippen molar-refractivity contribution in [3.63, 3.8) is 0 Å². The van der Waals surface area contributed by atoms with Crippen LogP contribution in [0.5, 0.6) is 5.75 Å². The van der Waals surface area contributed by atoms with E-state index in [1.165, 1.54) is 23.5 Å². The molecular weight excluding hydrogens is 686 g/mol. The smallest absolute Gasteiger partial charge is 0.305 e. The summed E-state index contributed by atoms with van der Waals surface area (Å²) in [5.41, 5.74) is 2.69. The van der Waals surface area contributed by atoms with Crippen LogP contribution in [0.1, 0.15) is 77.8 Å². The minimum atomic E-state index is -0.892. The number of H-pyrrole nitrogens is 1. The standard InChI is InChI=1S/C33H40FN5O5S2.C2H4O2/c1-20(2)30-36-25(18-45-30)31(42)39-13-14-44-33(19-39)8-11-38(12-9-33)17-21-3-5-24(34)22(15-21)7-10-35-16-27(41)23-4-6-26(40)28-29(23)46-32(43)37-28;1-2(3)4/h3-6,15,18,20,27,35,40-41H,7-14,16-17,19H2,1-2H3,(H,37,43);1H3,(H,3,4)/t27-;/m0./s1. The van der Waals surface area contributed by atoms with Gasteiger partial charge in [-0.2, -0.15) is 0 Å². The first-order valence-corrected chi connectivity index (χ1v) is 18.3. The first-order valence-electron chi connectivity index (χ1n) is 16.7. The number of aromatic nitrogens is 2. The third-order valence-electron chi connectivity index (χ3n) is 8.91. The number of ether oxygens (including phenoxy) is 1. The van der Waals surface area contributed by atoms with Crippen LogP contribution in [0.3, 0.4) is 0 Å². The molecule has 4 heterocycles. The van der Waals surface area contributed by atoms with Gasteiger partial charge in [0, 0.05) is 56.5 Å². The van der Waals surface area contributed by atoms with Gasteiger partial charge in [0.05, 0.1) is 34.6 Å². The predicted molar refractivity (Wildman–Crippen MR) is 191 cm³/mol. The van der Waals surface area contributed by atoms with Crippen molar-refractivity contribution in [1.82, 2.24) is 25.1 Å². The van der Waals surface area contributed by atoms with E-state index in [2.05, 4.69) is 34.0 Å². The molecule has 6 rings (SSSR count). The number of rotatable bonds is 10. The Morgan fingerprint density at radius 3 is 2.62 bits per heavy atom. The number of phenolic OH excluding ortho intramolecular Hbond substituents is 1.